The van der Waals surface area contributed by atoms with Gasteiger partial charge in [0.25, 0.3) is 5.91 Å². The molecule has 0 unspecified atom stereocenters. The molecule has 34 heavy (non-hydrogen) atoms. The Hall–Kier alpha value is -4.11. The van der Waals surface area contributed by atoms with Crippen molar-refractivity contribution in [1.82, 2.24) is 14.5 Å². The van der Waals surface area contributed by atoms with Crippen LogP contribution in [-0.4, -0.2) is 46.5 Å². The summed E-state index contributed by atoms with van der Waals surface area (Å²) < 4.78 is 2.10. The number of imidazole rings is 1. The molecule has 0 aliphatic carbocycles. The summed E-state index contributed by atoms with van der Waals surface area (Å²) in [5.41, 5.74) is 5.63. The van der Waals surface area contributed by atoms with Gasteiger partial charge in [-0.3, -0.25) is 4.79 Å². The lowest BCUT2D eigenvalue weighted by Crippen LogP contribution is -2.48. The highest BCUT2D eigenvalue weighted by Gasteiger charge is 2.23. The predicted octanol–water partition coefficient (Wildman–Crippen LogP) is 4.19. The lowest BCUT2D eigenvalue weighted by Gasteiger charge is -2.36. The number of nitriles is 1. The third kappa shape index (κ3) is 4.38. The molecule has 170 valence electrons. The van der Waals surface area contributed by atoms with Crippen LogP contribution >= 0.6 is 0 Å². The second kappa shape index (κ2) is 9.40. The van der Waals surface area contributed by atoms with Gasteiger partial charge in [0, 0.05) is 50.9 Å². The van der Waals surface area contributed by atoms with Gasteiger partial charge in [-0.1, -0.05) is 30.3 Å². The number of para-hydroxylation sites is 1. The van der Waals surface area contributed by atoms with Crippen LogP contribution in [0.2, 0.25) is 0 Å². The fourth-order valence-electron chi connectivity index (χ4n) is 4.60. The van der Waals surface area contributed by atoms with Crippen LogP contribution in [0.15, 0.2) is 72.8 Å². The number of carbonyl (C=O) groups is 1. The normalized spacial score (nSPS) is 13.8. The van der Waals surface area contributed by atoms with E-state index < -0.39 is 0 Å². The Morgan fingerprint density at radius 2 is 1.68 bits per heavy atom. The molecular formula is C28H27N5O. The summed E-state index contributed by atoms with van der Waals surface area (Å²) in [4.78, 5) is 22.3. The number of aromatic nitrogens is 2. The van der Waals surface area contributed by atoms with Gasteiger partial charge < -0.3 is 14.4 Å². The molecule has 1 aromatic heterocycles. The highest BCUT2D eigenvalue weighted by molar-refractivity contribution is 5.97. The van der Waals surface area contributed by atoms with E-state index in [4.69, 9.17) is 10.2 Å². The lowest BCUT2D eigenvalue weighted by atomic mass is 10.1. The summed E-state index contributed by atoms with van der Waals surface area (Å²) >= 11 is 0. The van der Waals surface area contributed by atoms with Gasteiger partial charge in [-0.2, -0.15) is 5.26 Å². The molecule has 1 aliphatic rings. The van der Waals surface area contributed by atoms with E-state index in [2.05, 4.69) is 27.7 Å². The van der Waals surface area contributed by atoms with Gasteiger partial charge in [0.2, 0.25) is 0 Å². The van der Waals surface area contributed by atoms with Gasteiger partial charge in [0.1, 0.15) is 5.82 Å². The van der Waals surface area contributed by atoms with Crippen molar-refractivity contribution in [1.29, 1.82) is 5.26 Å². The molecule has 1 amide bonds. The maximum atomic E-state index is 13.2. The molecule has 3 aromatic carbocycles. The third-order valence-electron chi connectivity index (χ3n) is 6.63. The molecule has 0 spiro atoms. The Morgan fingerprint density at radius 3 is 2.38 bits per heavy atom. The standard InChI is InChI=1S/C28H27N5O/c1-31-26-13-12-23(28(34)33-17-15-32(16-18-33)24-5-3-2-4-6-24)19-25(26)30-27(31)14-11-21-7-9-22(20-29)10-8-21/h2-10,12-13,19H,11,14-18H2,1H3. The van der Waals surface area contributed by atoms with Crippen LogP contribution in [0.3, 0.4) is 0 Å². The molecule has 4 aromatic rings. The average molecular weight is 450 g/mol. The van der Waals surface area contributed by atoms with E-state index in [1.165, 1.54) is 11.3 Å². The number of hydrogen-bond acceptors (Lipinski definition) is 4. The quantitative estimate of drug-likeness (QED) is 0.458. The second-order valence-corrected chi connectivity index (χ2v) is 8.71. The molecule has 0 saturated carbocycles. The molecule has 5 rings (SSSR count). The van der Waals surface area contributed by atoms with Crippen LogP contribution in [0.4, 0.5) is 5.69 Å². The number of carbonyl (C=O) groups excluding carboxylic acids is 1. The monoisotopic (exact) mass is 449 g/mol. The molecule has 0 atom stereocenters. The van der Waals surface area contributed by atoms with Crippen molar-refractivity contribution in [2.75, 3.05) is 31.1 Å². The minimum atomic E-state index is 0.0689. The van der Waals surface area contributed by atoms with Gasteiger partial charge in [-0.25, -0.2) is 4.98 Å². The van der Waals surface area contributed by atoms with Crippen molar-refractivity contribution >= 4 is 22.6 Å². The fourth-order valence-corrected chi connectivity index (χ4v) is 4.60. The van der Waals surface area contributed by atoms with E-state index >= 15 is 0 Å². The zero-order valence-corrected chi connectivity index (χ0v) is 19.3. The predicted molar refractivity (Wildman–Crippen MR) is 134 cm³/mol. The van der Waals surface area contributed by atoms with E-state index in [0.717, 1.165) is 42.8 Å². The highest BCUT2D eigenvalue weighted by atomic mass is 16.2. The summed E-state index contributed by atoms with van der Waals surface area (Å²) in [7, 11) is 2.02. The van der Waals surface area contributed by atoms with Crippen LogP contribution in [0.1, 0.15) is 27.3 Å². The molecule has 2 heterocycles. The van der Waals surface area contributed by atoms with Crippen LogP contribution in [0, 0.1) is 11.3 Å². The van der Waals surface area contributed by atoms with Gasteiger partial charge in [0.15, 0.2) is 0 Å². The zero-order valence-electron chi connectivity index (χ0n) is 19.3. The van der Waals surface area contributed by atoms with Gasteiger partial charge in [-0.05, 0) is 54.4 Å². The number of anilines is 1. The van der Waals surface area contributed by atoms with E-state index in [9.17, 15) is 4.79 Å². The van der Waals surface area contributed by atoms with Crippen molar-refractivity contribution in [2.45, 2.75) is 12.8 Å². The first-order chi connectivity index (χ1) is 16.6. The molecule has 1 saturated heterocycles. The van der Waals surface area contributed by atoms with E-state index in [1.54, 1.807) is 0 Å². The molecular weight excluding hydrogens is 422 g/mol. The lowest BCUT2D eigenvalue weighted by molar-refractivity contribution is 0.0747. The molecule has 0 bridgehead atoms. The largest absolute Gasteiger partial charge is 0.368 e. The number of aryl methyl sites for hydroxylation is 3. The average Bonchev–Trinajstić information content (AvgIpc) is 3.22. The molecule has 0 N–H and O–H groups in total. The first-order valence-electron chi connectivity index (χ1n) is 11.7. The molecule has 6 heteroatoms. The van der Waals surface area contributed by atoms with Crippen molar-refractivity contribution in [3.63, 3.8) is 0 Å². The summed E-state index contributed by atoms with van der Waals surface area (Å²) in [6, 6.07) is 26.0. The SMILES string of the molecule is Cn1c(CCc2ccc(C#N)cc2)nc2cc(C(=O)N3CCN(c4ccccc4)CC3)ccc21. The molecule has 1 aliphatic heterocycles. The van der Waals surface area contributed by atoms with Crippen molar-refractivity contribution in [3.05, 3.63) is 95.3 Å². The van der Waals surface area contributed by atoms with Gasteiger partial charge in [0.05, 0.1) is 22.7 Å². The number of rotatable bonds is 5. The highest BCUT2D eigenvalue weighted by Crippen LogP contribution is 2.21. The van der Waals surface area contributed by atoms with Crippen LogP contribution < -0.4 is 4.90 Å². The van der Waals surface area contributed by atoms with Gasteiger partial charge in [-0.15, -0.1) is 0 Å². The second-order valence-electron chi connectivity index (χ2n) is 8.71. The van der Waals surface area contributed by atoms with Crippen molar-refractivity contribution in [2.24, 2.45) is 7.05 Å². The zero-order chi connectivity index (χ0) is 23.5. The Kier molecular flexibility index (Phi) is 6.01. The number of nitrogens with zero attached hydrogens (tertiary/aromatic N) is 5. The first-order valence-corrected chi connectivity index (χ1v) is 11.7. The fraction of sp³-hybridized carbons (Fsp3) is 0.250. The van der Waals surface area contributed by atoms with Crippen LogP contribution in [0.5, 0.6) is 0 Å². The number of fused-ring (bicyclic) bond motifs is 1. The summed E-state index contributed by atoms with van der Waals surface area (Å²) in [5.74, 6) is 1.06. The van der Waals surface area contributed by atoms with E-state index in [-0.39, 0.29) is 5.91 Å². The van der Waals surface area contributed by atoms with Crippen molar-refractivity contribution in [3.8, 4) is 6.07 Å². The minimum absolute atomic E-state index is 0.0689. The molecule has 1 fully saturated rings. The maximum absolute atomic E-state index is 13.2. The van der Waals surface area contributed by atoms with Gasteiger partial charge >= 0.3 is 0 Å². The Labute approximate surface area is 199 Å². The summed E-state index contributed by atoms with van der Waals surface area (Å²) in [6.45, 7) is 3.09. The molecule has 0 radical (unpaired) electrons. The third-order valence-corrected chi connectivity index (χ3v) is 6.63. The van der Waals surface area contributed by atoms with E-state index in [1.807, 2.05) is 72.6 Å². The number of hydrogen-bond donors (Lipinski definition) is 0. The summed E-state index contributed by atoms with van der Waals surface area (Å²) in [5, 5.41) is 8.96. The smallest absolute Gasteiger partial charge is 0.254 e. The number of piperazine rings is 1. The first kappa shape index (κ1) is 21.7. The summed E-state index contributed by atoms with van der Waals surface area (Å²) in [6.07, 6.45) is 1.64. The number of amides is 1. The van der Waals surface area contributed by atoms with Crippen LogP contribution in [-0.2, 0) is 19.9 Å². The number of benzene rings is 3. The van der Waals surface area contributed by atoms with Crippen molar-refractivity contribution < 1.29 is 4.79 Å². The maximum Gasteiger partial charge on any atom is 0.254 e. The van der Waals surface area contributed by atoms with Crippen LogP contribution in [0.25, 0.3) is 11.0 Å². The van der Waals surface area contributed by atoms with E-state index in [0.29, 0.717) is 24.2 Å². The Morgan fingerprint density at radius 1 is 0.941 bits per heavy atom. The molecule has 6 nitrogen and oxygen atoms in total. The Bertz CT molecular complexity index is 1340. The Balaban J connectivity index is 1.26. The topological polar surface area (TPSA) is 65.2 Å². The minimum Gasteiger partial charge on any atom is -0.368 e.